The molecular formula is C17H26O3. The van der Waals surface area contributed by atoms with Crippen molar-refractivity contribution in [2.24, 2.45) is 5.92 Å². The van der Waals surface area contributed by atoms with Crippen LogP contribution in [0.25, 0.3) is 0 Å². The van der Waals surface area contributed by atoms with Crippen molar-refractivity contribution in [2.45, 2.75) is 52.6 Å². The summed E-state index contributed by atoms with van der Waals surface area (Å²) < 4.78 is 17.7. The van der Waals surface area contributed by atoms with Gasteiger partial charge >= 0.3 is 0 Å². The maximum atomic E-state index is 6.05. The van der Waals surface area contributed by atoms with Crippen LogP contribution in [0.5, 0.6) is 0 Å². The predicted molar refractivity (Wildman–Crippen MR) is 79.5 cm³/mol. The van der Waals surface area contributed by atoms with Crippen molar-refractivity contribution in [3.05, 3.63) is 35.4 Å². The van der Waals surface area contributed by atoms with E-state index in [4.69, 9.17) is 14.2 Å². The van der Waals surface area contributed by atoms with Gasteiger partial charge in [0.2, 0.25) is 0 Å². The van der Waals surface area contributed by atoms with Crippen LogP contribution >= 0.6 is 0 Å². The Balaban J connectivity index is 1.86. The molecule has 0 bridgehead atoms. The molecule has 3 nitrogen and oxygen atoms in total. The number of hydrogen-bond acceptors (Lipinski definition) is 3. The zero-order chi connectivity index (χ0) is 14.6. The zero-order valence-corrected chi connectivity index (χ0v) is 13.0. The molecule has 1 atom stereocenters. The minimum Gasteiger partial charge on any atom is -0.366 e. The van der Waals surface area contributed by atoms with E-state index in [0.29, 0.717) is 25.7 Å². The third kappa shape index (κ3) is 3.81. The Kier molecular flexibility index (Phi) is 5.19. The SMILES string of the molecule is CCC(C)C1OCC(C)(OCc2ccccc2C)CO1. The molecule has 0 N–H and O–H groups in total. The third-order valence-electron chi connectivity index (χ3n) is 4.05. The summed E-state index contributed by atoms with van der Waals surface area (Å²) in [5.41, 5.74) is 2.12. The summed E-state index contributed by atoms with van der Waals surface area (Å²) in [6.07, 6.45) is 0.973. The Hall–Kier alpha value is -0.900. The van der Waals surface area contributed by atoms with Crippen molar-refractivity contribution in [1.29, 1.82) is 0 Å². The molecule has 1 aromatic carbocycles. The molecule has 1 unspecified atom stereocenters. The number of ether oxygens (including phenoxy) is 3. The van der Waals surface area contributed by atoms with Crippen LogP contribution in [0.4, 0.5) is 0 Å². The van der Waals surface area contributed by atoms with E-state index in [2.05, 4.69) is 39.8 Å². The maximum absolute atomic E-state index is 6.05. The highest BCUT2D eigenvalue weighted by atomic mass is 16.7. The number of hydrogen-bond donors (Lipinski definition) is 0. The van der Waals surface area contributed by atoms with Crippen LogP contribution in [0.1, 0.15) is 38.3 Å². The van der Waals surface area contributed by atoms with Crippen LogP contribution in [0.15, 0.2) is 24.3 Å². The van der Waals surface area contributed by atoms with E-state index in [9.17, 15) is 0 Å². The van der Waals surface area contributed by atoms with E-state index in [1.54, 1.807) is 0 Å². The summed E-state index contributed by atoms with van der Waals surface area (Å²) in [7, 11) is 0. The Morgan fingerprint density at radius 2 is 1.95 bits per heavy atom. The van der Waals surface area contributed by atoms with Gasteiger partial charge in [0.25, 0.3) is 0 Å². The third-order valence-corrected chi connectivity index (χ3v) is 4.05. The first-order chi connectivity index (χ1) is 9.54. The average Bonchev–Trinajstić information content (AvgIpc) is 2.46. The Morgan fingerprint density at radius 1 is 1.30 bits per heavy atom. The highest BCUT2D eigenvalue weighted by molar-refractivity contribution is 5.24. The fraction of sp³-hybridized carbons (Fsp3) is 0.647. The van der Waals surface area contributed by atoms with Gasteiger partial charge in [0.1, 0.15) is 5.60 Å². The van der Waals surface area contributed by atoms with Crippen molar-refractivity contribution >= 4 is 0 Å². The Bertz CT molecular complexity index is 422. The second kappa shape index (κ2) is 6.70. The van der Waals surface area contributed by atoms with Gasteiger partial charge in [0, 0.05) is 5.92 Å². The van der Waals surface area contributed by atoms with Gasteiger partial charge in [-0.2, -0.15) is 0 Å². The molecule has 1 saturated heterocycles. The molecule has 1 aliphatic rings. The monoisotopic (exact) mass is 278 g/mol. The van der Waals surface area contributed by atoms with Crippen LogP contribution in [-0.2, 0) is 20.8 Å². The minimum absolute atomic E-state index is 0.0878. The van der Waals surface area contributed by atoms with Crippen molar-refractivity contribution in [3.8, 4) is 0 Å². The van der Waals surface area contributed by atoms with Crippen LogP contribution < -0.4 is 0 Å². The molecule has 3 heteroatoms. The van der Waals surface area contributed by atoms with E-state index in [1.165, 1.54) is 11.1 Å². The molecule has 20 heavy (non-hydrogen) atoms. The standard InChI is InChI=1S/C17H26O3/c1-5-13(2)16-18-11-17(4,12-19-16)20-10-15-9-7-6-8-14(15)3/h6-9,13,16H,5,10-12H2,1-4H3. The van der Waals surface area contributed by atoms with Crippen LogP contribution in [0, 0.1) is 12.8 Å². The first-order valence-electron chi connectivity index (χ1n) is 7.46. The largest absolute Gasteiger partial charge is 0.366 e. The minimum atomic E-state index is -0.355. The lowest BCUT2D eigenvalue weighted by Gasteiger charge is -2.39. The predicted octanol–water partition coefficient (Wildman–Crippen LogP) is 3.69. The van der Waals surface area contributed by atoms with E-state index < -0.39 is 0 Å². The zero-order valence-electron chi connectivity index (χ0n) is 13.0. The number of benzene rings is 1. The van der Waals surface area contributed by atoms with E-state index in [-0.39, 0.29) is 11.9 Å². The van der Waals surface area contributed by atoms with Crippen molar-refractivity contribution in [1.82, 2.24) is 0 Å². The number of rotatable bonds is 5. The molecule has 0 saturated carbocycles. The van der Waals surface area contributed by atoms with Gasteiger partial charge in [-0.1, -0.05) is 38.1 Å². The normalized spacial score (nSPS) is 28.3. The summed E-state index contributed by atoms with van der Waals surface area (Å²) in [6.45, 7) is 10.2. The van der Waals surface area contributed by atoms with Gasteiger partial charge in [0.05, 0.1) is 19.8 Å². The molecule has 1 aliphatic heterocycles. The highest BCUT2D eigenvalue weighted by Gasteiger charge is 2.35. The molecule has 1 fully saturated rings. The molecule has 0 aromatic heterocycles. The molecule has 2 rings (SSSR count). The highest BCUT2D eigenvalue weighted by Crippen LogP contribution is 2.25. The Labute approximate surface area is 122 Å². The van der Waals surface area contributed by atoms with Gasteiger partial charge in [-0.15, -0.1) is 0 Å². The van der Waals surface area contributed by atoms with E-state index in [0.717, 1.165) is 6.42 Å². The van der Waals surface area contributed by atoms with Crippen molar-refractivity contribution in [3.63, 3.8) is 0 Å². The second-order valence-electron chi connectivity index (χ2n) is 6.04. The van der Waals surface area contributed by atoms with Crippen molar-refractivity contribution in [2.75, 3.05) is 13.2 Å². The van der Waals surface area contributed by atoms with Gasteiger partial charge in [-0.25, -0.2) is 0 Å². The average molecular weight is 278 g/mol. The fourth-order valence-corrected chi connectivity index (χ4v) is 2.23. The van der Waals surface area contributed by atoms with Crippen molar-refractivity contribution < 1.29 is 14.2 Å². The molecule has 0 amide bonds. The van der Waals surface area contributed by atoms with Gasteiger partial charge in [-0.05, 0) is 31.4 Å². The maximum Gasteiger partial charge on any atom is 0.160 e. The second-order valence-corrected chi connectivity index (χ2v) is 6.04. The lowest BCUT2D eigenvalue weighted by atomic mass is 10.0. The van der Waals surface area contributed by atoms with E-state index in [1.807, 2.05) is 12.1 Å². The summed E-state index contributed by atoms with van der Waals surface area (Å²) in [6, 6.07) is 8.30. The lowest BCUT2D eigenvalue weighted by molar-refractivity contribution is -0.277. The lowest BCUT2D eigenvalue weighted by Crippen LogP contribution is -2.48. The molecule has 0 aliphatic carbocycles. The Morgan fingerprint density at radius 3 is 2.55 bits per heavy atom. The molecule has 0 spiro atoms. The fourth-order valence-electron chi connectivity index (χ4n) is 2.23. The summed E-state index contributed by atoms with van der Waals surface area (Å²) in [5.74, 6) is 0.427. The summed E-state index contributed by atoms with van der Waals surface area (Å²) in [5, 5.41) is 0. The van der Waals surface area contributed by atoms with Gasteiger partial charge in [-0.3, -0.25) is 0 Å². The summed E-state index contributed by atoms with van der Waals surface area (Å²) in [4.78, 5) is 0. The van der Waals surface area contributed by atoms with Gasteiger partial charge < -0.3 is 14.2 Å². The first-order valence-corrected chi connectivity index (χ1v) is 7.46. The van der Waals surface area contributed by atoms with Crippen LogP contribution in [0.2, 0.25) is 0 Å². The first kappa shape index (κ1) is 15.5. The quantitative estimate of drug-likeness (QED) is 0.822. The number of aryl methyl sites for hydroxylation is 1. The van der Waals surface area contributed by atoms with Crippen LogP contribution in [0.3, 0.4) is 0 Å². The van der Waals surface area contributed by atoms with Crippen LogP contribution in [-0.4, -0.2) is 25.1 Å². The molecule has 1 aromatic rings. The summed E-state index contributed by atoms with van der Waals surface area (Å²) >= 11 is 0. The molecule has 112 valence electrons. The smallest absolute Gasteiger partial charge is 0.160 e. The molecule has 0 radical (unpaired) electrons. The van der Waals surface area contributed by atoms with Gasteiger partial charge in [0.15, 0.2) is 6.29 Å². The molecular weight excluding hydrogens is 252 g/mol. The van der Waals surface area contributed by atoms with E-state index >= 15 is 0 Å². The molecule has 1 heterocycles. The topological polar surface area (TPSA) is 27.7 Å².